The molecule has 138 valence electrons. The van der Waals surface area contributed by atoms with Crippen LogP contribution in [0.3, 0.4) is 0 Å². The van der Waals surface area contributed by atoms with Gasteiger partial charge in [0.2, 0.25) is 5.91 Å². The molecule has 1 aliphatic heterocycles. The van der Waals surface area contributed by atoms with E-state index in [1.165, 1.54) is 0 Å². The molecule has 3 rings (SSSR count). The number of benzene rings is 2. The van der Waals surface area contributed by atoms with Crippen molar-refractivity contribution in [2.24, 2.45) is 0 Å². The number of piperazine rings is 1. The van der Waals surface area contributed by atoms with Gasteiger partial charge in [-0.15, -0.1) is 0 Å². The second kappa shape index (κ2) is 8.43. The fraction of sp³-hybridized carbons (Fsp3) is 0.350. The van der Waals surface area contributed by atoms with E-state index in [-0.39, 0.29) is 11.9 Å². The van der Waals surface area contributed by atoms with Crippen LogP contribution in [0.15, 0.2) is 48.5 Å². The number of nitrogens with zero attached hydrogens (tertiary/aromatic N) is 2. The molecule has 1 amide bonds. The molecule has 1 atom stereocenters. The lowest BCUT2D eigenvalue weighted by atomic mass is 10.2. The van der Waals surface area contributed by atoms with Crippen molar-refractivity contribution in [1.29, 1.82) is 0 Å². The molecular formula is C20H24ClN3O2. The summed E-state index contributed by atoms with van der Waals surface area (Å²) in [5.74, 6) is 0.882. The molecule has 1 fully saturated rings. The number of halogens is 1. The van der Waals surface area contributed by atoms with Crippen LogP contribution in [0.2, 0.25) is 5.02 Å². The number of para-hydroxylation sites is 2. The second-order valence-electron chi connectivity index (χ2n) is 6.37. The number of nitrogens with one attached hydrogen (secondary N) is 1. The third kappa shape index (κ3) is 4.29. The van der Waals surface area contributed by atoms with E-state index in [2.05, 4.69) is 21.2 Å². The van der Waals surface area contributed by atoms with Gasteiger partial charge < -0.3 is 15.0 Å². The summed E-state index contributed by atoms with van der Waals surface area (Å²) >= 11 is 5.88. The molecule has 5 nitrogen and oxygen atoms in total. The number of rotatable bonds is 5. The molecule has 2 aromatic rings. The third-order valence-electron chi connectivity index (χ3n) is 4.78. The van der Waals surface area contributed by atoms with Gasteiger partial charge in [-0.1, -0.05) is 23.7 Å². The third-order valence-corrected chi connectivity index (χ3v) is 5.03. The van der Waals surface area contributed by atoms with Gasteiger partial charge in [0.05, 0.1) is 18.8 Å². The summed E-state index contributed by atoms with van der Waals surface area (Å²) in [6.07, 6.45) is 0. The molecule has 0 aliphatic carbocycles. The van der Waals surface area contributed by atoms with Crippen molar-refractivity contribution in [3.63, 3.8) is 0 Å². The Morgan fingerprint density at radius 3 is 2.38 bits per heavy atom. The predicted octanol–water partition coefficient (Wildman–Crippen LogP) is 3.50. The lowest BCUT2D eigenvalue weighted by molar-refractivity contribution is -0.120. The van der Waals surface area contributed by atoms with E-state index in [9.17, 15) is 4.79 Å². The molecule has 0 radical (unpaired) electrons. The number of ether oxygens (including phenoxy) is 1. The zero-order valence-corrected chi connectivity index (χ0v) is 15.9. The number of hydrogen-bond donors (Lipinski definition) is 1. The maximum Gasteiger partial charge on any atom is 0.241 e. The maximum absolute atomic E-state index is 12.5. The number of anilines is 2. The Labute approximate surface area is 159 Å². The highest BCUT2D eigenvalue weighted by atomic mass is 35.5. The Morgan fingerprint density at radius 2 is 1.73 bits per heavy atom. The van der Waals surface area contributed by atoms with Crippen LogP contribution >= 0.6 is 11.6 Å². The summed E-state index contributed by atoms with van der Waals surface area (Å²) in [6.45, 7) is 5.32. The zero-order valence-electron chi connectivity index (χ0n) is 15.1. The van der Waals surface area contributed by atoms with E-state index in [1.807, 2.05) is 37.3 Å². The van der Waals surface area contributed by atoms with Gasteiger partial charge in [0, 0.05) is 36.9 Å². The molecule has 1 N–H and O–H groups in total. The molecule has 2 aromatic carbocycles. The van der Waals surface area contributed by atoms with Crippen LogP contribution in [-0.4, -0.2) is 50.1 Å². The molecule has 0 aromatic heterocycles. The lowest BCUT2D eigenvalue weighted by Gasteiger charge is -2.38. The molecule has 26 heavy (non-hydrogen) atoms. The first-order valence-corrected chi connectivity index (χ1v) is 9.14. The van der Waals surface area contributed by atoms with Crippen molar-refractivity contribution in [2.75, 3.05) is 43.5 Å². The molecule has 0 bridgehead atoms. The number of methoxy groups -OCH3 is 1. The first kappa shape index (κ1) is 18.5. The topological polar surface area (TPSA) is 44.8 Å². The first-order valence-electron chi connectivity index (χ1n) is 8.77. The van der Waals surface area contributed by atoms with Crippen LogP contribution in [0.1, 0.15) is 6.92 Å². The average molecular weight is 374 g/mol. The van der Waals surface area contributed by atoms with Crippen LogP contribution in [0.5, 0.6) is 5.75 Å². The van der Waals surface area contributed by atoms with Gasteiger partial charge in [-0.3, -0.25) is 9.69 Å². The van der Waals surface area contributed by atoms with Gasteiger partial charge in [0.25, 0.3) is 0 Å². The van der Waals surface area contributed by atoms with E-state index >= 15 is 0 Å². The lowest BCUT2D eigenvalue weighted by Crippen LogP contribution is -2.52. The zero-order chi connectivity index (χ0) is 18.5. The molecule has 6 heteroatoms. The fourth-order valence-electron chi connectivity index (χ4n) is 3.19. The summed E-state index contributed by atoms with van der Waals surface area (Å²) in [6, 6.07) is 15.0. The molecule has 1 saturated heterocycles. The Balaban J connectivity index is 1.57. The highest BCUT2D eigenvalue weighted by molar-refractivity contribution is 6.30. The SMILES string of the molecule is COc1ccccc1N1CCN(C(C)C(=O)Nc2ccc(Cl)cc2)CC1. The first-order chi connectivity index (χ1) is 12.6. The quantitative estimate of drug-likeness (QED) is 0.871. The highest BCUT2D eigenvalue weighted by Gasteiger charge is 2.26. The minimum atomic E-state index is -0.189. The van der Waals surface area contributed by atoms with E-state index in [1.54, 1.807) is 19.2 Å². The number of hydrogen-bond acceptors (Lipinski definition) is 4. The molecular weight excluding hydrogens is 350 g/mol. The van der Waals surface area contributed by atoms with Crippen LogP contribution in [0.4, 0.5) is 11.4 Å². The maximum atomic E-state index is 12.5. The molecule has 1 aliphatic rings. The van der Waals surface area contributed by atoms with E-state index in [4.69, 9.17) is 16.3 Å². The van der Waals surface area contributed by atoms with E-state index in [0.29, 0.717) is 5.02 Å². The van der Waals surface area contributed by atoms with E-state index in [0.717, 1.165) is 43.3 Å². The summed E-state index contributed by atoms with van der Waals surface area (Å²) in [4.78, 5) is 17.0. The normalized spacial score (nSPS) is 16.2. The van der Waals surface area contributed by atoms with Crippen molar-refractivity contribution in [3.05, 3.63) is 53.6 Å². The minimum Gasteiger partial charge on any atom is -0.495 e. The largest absolute Gasteiger partial charge is 0.495 e. The monoisotopic (exact) mass is 373 g/mol. The smallest absolute Gasteiger partial charge is 0.241 e. The van der Waals surface area contributed by atoms with Crippen LogP contribution < -0.4 is 15.0 Å². The molecule has 0 spiro atoms. The van der Waals surface area contributed by atoms with Crippen LogP contribution in [-0.2, 0) is 4.79 Å². The van der Waals surface area contributed by atoms with Crippen molar-refractivity contribution >= 4 is 28.9 Å². The summed E-state index contributed by atoms with van der Waals surface area (Å²) in [5, 5.41) is 3.61. The minimum absolute atomic E-state index is 0.00179. The van der Waals surface area contributed by atoms with Gasteiger partial charge in [-0.25, -0.2) is 0 Å². The summed E-state index contributed by atoms with van der Waals surface area (Å²) in [5.41, 5.74) is 1.87. The second-order valence-corrected chi connectivity index (χ2v) is 6.80. The standard InChI is InChI=1S/C20H24ClN3O2/c1-15(20(25)22-17-9-7-16(21)8-10-17)23-11-13-24(14-12-23)18-5-3-4-6-19(18)26-2/h3-10,15H,11-14H2,1-2H3,(H,22,25). The fourth-order valence-corrected chi connectivity index (χ4v) is 3.31. The van der Waals surface area contributed by atoms with Crippen molar-refractivity contribution in [3.8, 4) is 5.75 Å². The summed E-state index contributed by atoms with van der Waals surface area (Å²) < 4.78 is 5.46. The van der Waals surface area contributed by atoms with Gasteiger partial charge in [-0.2, -0.15) is 0 Å². The van der Waals surface area contributed by atoms with Gasteiger partial charge in [-0.05, 0) is 43.3 Å². The molecule has 1 unspecified atom stereocenters. The average Bonchev–Trinajstić information content (AvgIpc) is 2.69. The Kier molecular flexibility index (Phi) is 6.01. The number of carbonyl (C=O) groups excluding carboxylic acids is 1. The van der Waals surface area contributed by atoms with Crippen molar-refractivity contribution < 1.29 is 9.53 Å². The van der Waals surface area contributed by atoms with Crippen LogP contribution in [0, 0.1) is 0 Å². The van der Waals surface area contributed by atoms with Crippen molar-refractivity contribution in [1.82, 2.24) is 4.90 Å². The van der Waals surface area contributed by atoms with Gasteiger partial charge >= 0.3 is 0 Å². The molecule has 0 saturated carbocycles. The predicted molar refractivity (Wildman–Crippen MR) is 106 cm³/mol. The summed E-state index contributed by atoms with van der Waals surface area (Å²) in [7, 11) is 1.69. The Hall–Kier alpha value is -2.24. The van der Waals surface area contributed by atoms with Crippen LogP contribution in [0.25, 0.3) is 0 Å². The van der Waals surface area contributed by atoms with Gasteiger partial charge in [0.15, 0.2) is 0 Å². The number of amides is 1. The number of carbonyl (C=O) groups is 1. The Bertz CT molecular complexity index is 743. The van der Waals surface area contributed by atoms with E-state index < -0.39 is 0 Å². The van der Waals surface area contributed by atoms with Gasteiger partial charge in [0.1, 0.15) is 5.75 Å². The molecule has 1 heterocycles. The van der Waals surface area contributed by atoms with Crippen molar-refractivity contribution in [2.45, 2.75) is 13.0 Å². The Morgan fingerprint density at radius 1 is 1.08 bits per heavy atom. The highest BCUT2D eigenvalue weighted by Crippen LogP contribution is 2.28.